The van der Waals surface area contributed by atoms with Crippen LogP contribution in [0, 0.1) is 37.8 Å². The van der Waals surface area contributed by atoms with Gasteiger partial charge in [0.2, 0.25) is 0 Å². The summed E-state index contributed by atoms with van der Waals surface area (Å²) in [6.07, 6.45) is 0. The molecule has 0 radical (unpaired) electrons. The zero-order valence-electron chi connectivity index (χ0n) is 15.5. The normalized spacial score (nSPS) is 10.8. The molecule has 0 aromatic heterocycles. The number of benzene rings is 3. The predicted molar refractivity (Wildman–Crippen MR) is 107 cm³/mol. The number of nitrogens with zero attached hydrogens (tertiary/aromatic N) is 1. The summed E-state index contributed by atoms with van der Waals surface area (Å²) in [5, 5.41) is 11.7. The molecule has 0 spiro atoms. The molecule has 3 aromatic carbocycles. The van der Waals surface area contributed by atoms with E-state index in [0.29, 0.717) is 5.56 Å². The van der Waals surface area contributed by atoms with Crippen molar-refractivity contribution >= 4 is 11.4 Å². The molecule has 3 aromatic rings. The molecule has 26 heavy (non-hydrogen) atoms. The molecule has 4 heteroatoms. The number of nitro groups is 1. The van der Waals surface area contributed by atoms with Gasteiger partial charge in [-0.15, -0.1) is 0 Å². The summed E-state index contributed by atoms with van der Waals surface area (Å²) >= 11 is 0. The highest BCUT2D eigenvalue weighted by atomic mass is 16.6. The molecule has 0 saturated carbocycles. The van der Waals surface area contributed by atoms with E-state index in [1.165, 1.54) is 0 Å². The average molecular weight is 346 g/mol. The number of hydrogen-bond donors (Lipinski definition) is 1. The number of nitrogens with two attached hydrogens (primary N) is 1. The number of anilines is 1. The van der Waals surface area contributed by atoms with Crippen LogP contribution in [-0.4, -0.2) is 4.92 Å². The second-order valence-corrected chi connectivity index (χ2v) is 6.75. The van der Waals surface area contributed by atoms with Crippen LogP contribution >= 0.6 is 0 Å². The van der Waals surface area contributed by atoms with Crippen molar-refractivity contribution in [3.05, 3.63) is 80.9 Å². The molecule has 0 aliphatic rings. The lowest BCUT2D eigenvalue weighted by Crippen LogP contribution is -2.01. The first-order chi connectivity index (χ1) is 12.3. The smallest absolute Gasteiger partial charge is 0.293 e. The number of aryl methyl sites for hydroxylation is 4. The van der Waals surface area contributed by atoms with Crippen LogP contribution in [0.15, 0.2) is 48.5 Å². The molecule has 4 nitrogen and oxygen atoms in total. The lowest BCUT2D eigenvalue weighted by Gasteiger charge is -2.16. The fourth-order valence-corrected chi connectivity index (χ4v) is 3.65. The Bertz CT molecular complexity index is 982. The van der Waals surface area contributed by atoms with E-state index in [-0.39, 0.29) is 11.4 Å². The Morgan fingerprint density at radius 3 is 1.73 bits per heavy atom. The third-order valence-electron chi connectivity index (χ3n) is 4.88. The van der Waals surface area contributed by atoms with Crippen LogP contribution in [0.25, 0.3) is 22.3 Å². The molecular formula is C22H22N2O2. The molecule has 0 saturated heterocycles. The Morgan fingerprint density at radius 1 is 0.808 bits per heavy atom. The number of rotatable bonds is 3. The zero-order chi connectivity index (χ0) is 19.0. The van der Waals surface area contributed by atoms with Gasteiger partial charge in [0.15, 0.2) is 0 Å². The van der Waals surface area contributed by atoms with Gasteiger partial charge in [-0.25, -0.2) is 0 Å². The predicted octanol–water partition coefficient (Wildman–Crippen LogP) is 5.74. The average Bonchev–Trinajstić information content (AvgIpc) is 2.56. The quantitative estimate of drug-likeness (QED) is 0.373. The summed E-state index contributed by atoms with van der Waals surface area (Å²) < 4.78 is 0. The van der Waals surface area contributed by atoms with Crippen LogP contribution in [-0.2, 0) is 0 Å². The van der Waals surface area contributed by atoms with Crippen molar-refractivity contribution in [2.24, 2.45) is 0 Å². The molecule has 0 aliphatic carbocycles. The van der Waals surface area contributed by atoms with Gasteiger partial charge in [0.25, 0.3) is 5.69 Å². The lowest BCUT2D eigenvalue weighted by molar-refractivity contribution is -0.383. The number of nitro benzene ring substituents is 1. The Morgan fingerprint density at radius 2 is 1.27 bits per heavy atom. The van der Waals surface area contributed by atoms with Crippen LogP contribution in [0.5, 0.6) is 0 Å². The summed E-state index contributed by atoms with van der Waals surface area (Å²) in [6.45, 7) is 8.03. The Balaban J connectivity index is 2.40. The molecule has 0 aliphatic heterocycles. The van der Waals surface area contributed by atoms with Gasteiger partial charge in [0, 0.05) is 11.6 Å². The van der Waals surface area contributed by atoms with Crippen molar-refractivity contribution < 1.29 is 4.92 Å². The second kappa shape index (κ2) is 6.64. The Hall–Kier alpha value is -3.14. The van der Waals surface area contributed by atoms with E-state index < -0.39 is 4.92 Å². The van der Waals surface area contributed by atoms with E-state index >= 15 is 0 Å². The maximum absolute atomic E-state index is 11.7. The van der Waals surface area contributed by atoms with Gasteiger partial charge in [-0.1, -0.05) is 36.4 Å². The summed E-state index contributed by atoms with van der Waals surface area (Å²) in [6, 6.07) is 15.6. The van der Waals surface area contributed by atoms with Crippen LogP contribution < -0.4 is 5.73 Å². The highest BCUT2D eigenvalue weighted by molar-refractivity contribution is 5.91. The molecule has 3 rings (SSSR count). The monoisotopic (exact) mass is 346 g/mol. The molecule has 2 N–H and O–H groups in total. The molecule has 0 amide bonds. The molecule has 0 unspecified atom stereocenters. The van der Waals surface area contributed by atoms with Crippen LogP contribution in [0.1, 0.15) is 22.3 Å². The Labute approximate surface area is 153 Å². The van der Waals surface area contributed by atoms with Crippen LogP contribution in [0.4, 0.5) is 11.4 Å². The first kappa shape index (κ1) is 17.7. The summed E-state index contributed by atoms with van der Waals surface area (Å²) in [7, 11) is 0. The van der Waals surface area contributed by atoms with Gasteiger partial charge >= 0.3 is 0 Å². The molecule has 0 bridgehead atoms. The minimum absolute atomic E-state index is 0.0530. The first-order valence-corrected chi connectivity index (χ1v) is 8.52. The Kier molecular flexibility index (Phi) is 4.51. The van der Waals surface area contributed by atoms with E-state index in [9.17, 15) is 10.1 Å². The number of hydrogen-bond acceptors (Lipinski definition) is 3. The first-order valence-electron chi connectivity index (χ1n) is 8.52. The second-order valence-electron chi connectivity index (χ2n) is 6.75. The van der Waals surface area contributed by atoms with E-state index in [1.54, 1.807) is 6.07 Å². The van der Waals surface area contributed by atoms with Crippen LogP contribution in [0.2, 0.25) is 0 Å². The third kappa shape index (κ3) is 2.94. The summed E-state index contributed by atoms with van der Waals surface area (Å²) in [4.78, 5) is 11.3. The maximum Gasteiger partial charge on any atom is 0.293 e. The fraction of sp³-hybridized carbons (Fsp3) is 0.182. The maximum atomic E-state index is 11.7. The van der Waals surface area contributed by atoms with Gasteiger partial charge in [-0.2, -0.15) is 0 Å². The molecule has 0 atom stereocenters. The lowest BCUT2D eigenvalue weighted by atomic mass is 9.89. The standard InChI is InChI=1S/C22H22N2O2/c1-13-7-5-8-14(2)20(13)17-11-18(22(23)19(12-17)24(25)26)21-15(3)9-6-10-16(21)4/h5-12H,23H2,1-4H3. The van der Waals surface area contributed by atoms with Crippen molar-refractivity contribution in [1.82, 2.24) is 0 Å². The van der Waals surface area contributed by atoms with Crippen molar-refractivity contribution in [1.29, 1.82) is 0 Å². The topological polar surface area (TPSA) is 69.2 Å². The number of nitrogen functional groups attached to an aromatic ring is 1. The molecule has 132 valence electrons. The minimum atomic E-state index is -0.399. The highest BCUT2D eigenvalue weighted by Gasteiger charge is 2.21. The summed E-state index contributed by atoms with van der Waals surface area (Å²) in [5.74, 6) is 0. The van der Waals surface area contributed by atoms with Crippen molar-refractivity contribution in [3.63, 3.8) is 0 Å². The van der Waals surface area contributed by atoms with Crippen molar-refractivity contribution in [2.45, 2.75) is 27.7 Å². The SMILES string of the molecule is Cc1cccc(C)c1-c1cc(-c2c(C)cccc2C)c(N)c([N+](=O)[O-])c1. The largest absolute Gasteiger partial charge is 0.393 e. The molecular weight excluding hydrogens is 324 g/mol. The van der Waals surface area contributed by atoms with Gasteiger partial charge in [0.05, 0.1) is 4.92 Å². The zero-order valence-corrected chi connectivity index (χ0v) is 15.5. The van der Waals surface area contributed by atoms with Crippen LogP contribution in [0.3, 0.4) is 0 Å². The van der Waals surface area contributed by atoms with Crippen molar-refractivity contribution in [2.75, 3.05) is 5.73 Å². The fourth-order valence-electron chi connectivity index (χ4n) is 3.65. The van der Waals surface area contributed by atoms with E-state index in [0.717, 1.165) is 38.9 Å². The summed E-state index contributed by atoms with van der Waals surface area (Å²) in [5.41, 5.74) is 14.2. The van der Waals surface area contributed by atoms with Crippen molar-refractivity contribution in [3.8, 4) is 22.3 Å². The highest BCUT2D eigenvalue weighted by Crippen LogP contribution is 2.41. The molecule has 0 heterocycles. The minimum Gasteiger partial charge on any atom is -0.393 e. The van der Waals surface area contributed by atoms with E-state index in [1.807, 2.05) is 70.2 Å². The molecule has 0 fully saturated rings. The van der Waals surface area contributed by atoms with E-state index in [4.69, 9.17) is 5.73 Å². The van der Waals surface area contributed by atoms with E-state index in [2.05, 4.69) is 0 Å². The third-order valence-corrected chi connectivity index (χ3v) is 4.88. The van der Waals surface area contributed by atoms with Gasteiger partial charge in [-0.05, 0) is 72.7 Å². The van der Waals surface area contributed by atoms with Gasteiger partial charge < -0.3 is 5.73 Å². The van der Waals surface area contributed by atoms with Gasteiger partial charge in [0.1, 0.15) is 5.69 Å². The van der Waals surface area contributed by atoms with Gasteiger partial charge in [-0.3, -0.25) is 10.1 Å².